The molecule has 1 aliphatic rings. The van der Waals surface area contributed by atoms with Crippen LogP contribution in [0.3, 0.4) is 0 Å². The molecular formula is C10H13FN5O7P. The number of hydrogen-bond donors (Lipinski definition) is 5. The van der Waals surface area contributed by atoms with Crippen LogP contribution in [0.1, 0.15) is 6.23 Å². The summed E-state index contributed by atoms with van der Waals surface area (Å²) in [5.74, 6) is -3.40. The van der Waals surface area contributed by atoms with Gasteiger partial charge in [-0.1, -0.05) is 0 Å². The summed E-state index contributed by atoms with van der Waals surface area (Å²) >= 11 is 0. The molecule has 4 atom stereocenters. The molecule has 24 heavy (non-hydrogen) atoms. The first-order valence-electron chi connectivity index (χ1n) is 6.49. The molecule has 3 heterocycles. The number of phosphoric ester groups is 1. The number of rotatable bonds is 4. The molecule has 12 nitrogen and oxygen atoms in total. The first-order chi connectivity index (χ1) is 11.1. The summed E-state index contributed by atoms with van der Waals surface area (Å²) in [5, 5.41) is 19.3. The number of nitrogens with two attached hydrogens (primary N) is 1. The third-order valence-electron chi connectivity index (χ3n) is 3.46. The highest BCUT2D eigenvalue weighted by Gasteiger charge is 2.60. The van der Waals surface area contributed by atoms with Gasteiger partial charge in [-0.25, -0.2) is 23.9 Å². The first kappa shape index (κ1) is 17.1. The van der Waals surface area contributed by atoms with E-state index in [1.165, 1.54) is 0 Å². The van der Waals surface area contributed by atoms with Crippen LogP contribution in [-0.2, 0) is 13.8 Å². The van der Waals surface area contributed by atoms with Gasteiger partial charge < -0.3 is 30.5 Å². The zero-order chi connectivity index (χ0) is 17.7. The van der Waals surface area contributed by atoms with E-state index in [4.69, 9.17) is 20.3 Å². The van der Waals surface area contributed by atoms with Crippen molar-refractivity contribution in [3.8, 4) is 0 Å². The molecule has 1 aliphatic heterocycles. The highest BCUT2D eigenvalue weighted by atomic mass is 31.2. The van der Waals surface area contributed by atoms with Gasteiger partial charge in [0.2, 0.25) is 0 Å². The number of aliphatic hydroxyl groups is 2. The number of ether oxygens (including phenoxy) is 1. The van der Waals surface area contributed by atoms with Crippen LogP contribution in [0.4, 0.5) is 10.2 Å². The molecule has 14 heteroatoms. The van der Waals surface area contributed by atoms with E-state index in [1.807, 2.05) is 0 Å². The SMILES string of the molecule is Nc1ncnc2c1ncn2[C@@H]1O[C@H](CO)[C@@H](OP(=O)(O)O)[C@]1(O)F. The van der Waals surface area contributed by atoms with Crippen LogP contribution >= 0.6 is 7.82 Å². The Hall–Kier alpha value is -1.73. The van der Waals surface area contributed by atoms with Crippen molar-refractivity contribution in [2.75, 3.05) is 12.3 Å². The molecule has 2 aromatic rings. The number of alkyl halides is 1. The van der Waals surface area contributed by atoms with Crippen LogP contribution in [0, 0.1) is 0 Å². The van der Waals surface area contributed by atoms with Gasteiger partial charge in [0.25, 0.3) is 5.85 Å². The molecule has 2 aromatic heterocycles. The second kappa shape index (κ2) is 5.67. The monoisotopic (exact) mass is 365 g/mol. The summed E-state index contributed by atoms with van der Waals surface area (Å²) in [6.07, 6.45) is -3.40. The van der Waals surface area contributed by atoms with Crippen LogP contribution < -0.4 is 5.73 Å². The number of phosphoric acid groups is 1. The number of nitrogens with zero attached hydrogens (tertiary/aromatic N) is 4. The van der Waals surface area contributed by atoms with Gasteiger partial charge in [-0.2, -0.15) is 0 Å². The largest absolute Gasteiger partial charge is 0.470 e. The standard InChI is InChI=1S/C10H13FN5O7P/c11-10(18)6(23-24(19,20)21)4(1-17)22-9(10)16-3-15-5-7(12)13-2-14-8(5)16/h2-4,6,9,17-18H,1H2,(H2,12,13,14)(H2,19,20,21)/t4-,6-,9-,10-/m1/s1. The maximum atomic E-state index is 14.8. The van der Waals surface area contributed by atoms with Crippen molar-refractivity contribution < 1.29 is 38.2 Å². The average molecular weight is 365 g/mol. The number of aromatic nitrogens is 4. The van der Waals surface area contributed by atoms with Gasteiger partial charge in [-0.15, -0.1) is 0 Å². The molecule has 3 rings (SSSR count). The highest BCUT2D eigenvalue weighted by Crippen LogP contribution is 2.49. The number of imidazole rings is 1. The highest BCUT2D eigenvalue weighted by molar-refractivity contribution is 7.46. The molecule has 0 spiro atoms. The van der Waals surface area contributed by atoms with Crippen molar-refractivity contribution in [1.82, 2.24) is 19.5 Å². The van der Waals surface area contributed by atoms with Gasteiger partial charge in [0, 0.05) is 0 Å². The minimum Gasteiger partial charge on any atom is -0.394 e. The number of anilines is 1. The van der Waals surface area contributed by atoms with Gasteiger partial charge in [-0.05, 0) is 0 Å². The van der Waals surface area contributed by atoms with E-state index in [0.29, 0.717) is 0 Å². The van der Waals surface area contributed by atoms with Crippen molar-refractivity contribution in [2.24, 2.45) is 0 Å². The molecule has 6 N–H and O–H groups in total. The van der Waals surface area contributed by atoms with E-state index in [2.05, 4.69) is 19.5 Å². The molecule has 1 saturated heterocycles. The fraction of sp³-hybridized carbons (Fsp3) is 0.500. The van der Waals surface area contributed by atoms with Gasteiger partial charge in [0.15, 0.2) is 23.8 Å². The fourth-order valence-electron chi connectivity index (χ4n) is 2.46. The van der Waals surface area contributed by atoms with Gasteiger partial charge >= 0.3 is 7.82 Å². The molecule has 0 amide bonds. The molecule has 0 bridgehead atoms. The Morgan fingerprint density at radius 2 is 2.17 bits per heavy atom. The molecule has 0 unspecified atom stereocenters. The smallest absolute Gasteiger partial charge is 0.394 e. The lowest BCUT2D eigenvalue weighted by Crippen LogP contribution is -2.44. The second-order valence-electron chi connectivity index (χ2n) is 5.04. The molecule has 1 fully saturated rings. The summed E-state index contributed by atoms with van der Waals surface area (Å²) < 4.78 is 36.2. The summed E-state index contributed by atoms with van der Waals surface area (Å²) in [5.41, 5.74) is 5.73. The molecular weight excluding hydrogens is 352 g/mol. The predicted octanol–water partition coefficient (Wildman–Crippen LogP) is -1.57. The Labute approximate surface area is 132 Å². The van der Waals surface area contributed by atoms with Crippen molar-refractivity contribution in [3.05, 3.63) is 12.7 Å². The number of aliphatic hydroxyl groups excluding tert-OH is 1. The summed E-state index contributed by atoms with van der Waals surface area (Å²) in [7, 11) is -5.17. The maximum Gasteiger partial charge on any atom is 0.470 e. The Bertz CT molecular complexity index is 810. The van der Waals surface area contributed by atoms with E-state index in [9.17, 15) is 19.2 Å². The molecule has 0 aliphatic carbocycles. The van der Waals surface area contributed by atoms with E-state index in [0.717, 1.165) is 17.2 Å². The maximum absolute atomic E-state index is 14.8. The van der Waals surface area contributed by atoms with E-state index in [-0.39, 0.29) is 17.0 Å². The number of halogens is 1. The quantitative estimate of drug-likeness (QED) is 0.394. The van der Waals surface area contributed by atoms with E-state index >= 15 is 0 Å². The van der Waals surface area contributed by atoms with Crippen molar-refractivity contribution in [2.45, 2.75) is 24.3 Å². The summed E-state index contributed by atoms with van der Waals surface area (Å²) in [6.45, 7) is -0.864. The van der Waals surface area contributed by atoms with E-state index < -0.39 is 38.7 Å². The lowest BCUT2D eigenvalue weighted by atomic mass is 10.1. The Morgan fingerprint density at radius 3 is 2.79 bits per heavy atom. The van der Waals surface area contributed by atoms with Crippen LogP contribution in [0.15, 0.2) is 12.7 Å². The van der Waals surface area contributed by atoms with Crippen LogP contribution in [-0.4, -0.2) is 64.2 Å². The topological polar surface area (TPSA) is 186 Å². The van der Waals surface area contributed by atoms with Gasteiger partial charge in [0.1, 0.15) is 17.9 Å². The van der Waals surface area contributed by atoms with Crippen molar-refractivity contribution >= 4 is 24.8 Å². The summed E-state index contributed by atoms with van der Waals surface area (Å²) in [4.78, 5) is 29.2. The Kier molecular flexibility index (Phi) is 4.04. The lowest BCUT2D eigenvalue weighted by Gasteiger charge is -2.26. The van der Waals surface area contributed by atoms with Gasteiger partial charge in [0.05, 0.1) is 12.9 Å². The predicted molar refractivity (Wildman–Crippen MR) is 73.7 cm³/mol. The third-order valence-corrected chi connectivity index (χ3v) is 3.96. The molecule has 0 aromatic carbocycles. The number of fused-ring (bicyclic) bond motifs is 1. The average Bonchev–Trinajstić information content (AvgIpc) is 2.99. The van der Waals surface area contributed by atoms with Crippen LogP contribution in [0.2, 0.25) is 0 Å². The second-order valence-corrected chi connectivity index (χ2v) is 6.23. The van der Waals surface area contributed by atoms with Crippen molar-refractivity contribution in [3.63, 3.8) is 0 Å². The minimum absolute atomic E-state index is 0.000806. The first-order valence-corrected chi connectivity index (χ1v) is 8.02. The third kappa shape index (κ3) is 2.75. The molecule has 0 saturated carbocycles. The normalized spacial score (nSPS) is 31.0. The zero-order valence-electron chi connectivity index (χ0n) is 11.8. The Morgan fingerprint density at radius 1 is 1.46 bits per heavy atom. The van der Waals surface area contributed by atoms with Gasteiger partial charge in [-0.3, -0.25) is 9.09 Å². The van der Waals surface area contributed by atoms with Crippen LogP contribution in [0.5, 0.6) is 0 Å². The van der Waals surface area contributed by atoms with E-state index in [1.54, 1.807) is 0 Å². The molecule has 132 valence electrons. The minimum atomic E-state index is -5.17. The fourth-order valence-corrected chi connectivity index (χ4v) is 3.04. The number of nitrogen functional groups attached to an aromatic ring is 1. The Balaban J connectivity index is 2.04. The zero-order valence-corrected chi connectivity index (χ0v) is 12.7. The number of hydrogen-bond acceptors (Lipinski definition) is 9. The van der Waals surface area contributed by atoms with Crippen molar-refractivity contribution in [1.29, 1.82) is 0 Å². The molecule has 0 radical (unpaired) electrons. The lowest BCUT2D eigenvalue weighted by molar-refractivity contribution is -0.192. The summed E-state index contributed by atoms with van der Waals surface area (Å²) in [6, 6.07) is 0. The van der Waals surface area contributed by atoms with Crippen LogP contribution in [0.25, 0.3) is 11.2 Å².